The van der Waals surface area contributed by atoms with E-state index in [1.165, 1.54) is 0 Å². The molecule has 0 radical (unpaired) electrons. The molecule has 1 saturated carbocycles. The summed E-state index contributed by atoms with van der Waals surface area (Å²) in [5, 5.41) is 8.81. The summed E-state index contributed by atoms with van der Waals surface area (Å²) in [5.74, 6) is 1.26. The van der Waals surface area contributed by atoms with Crippen molar-refractivity contribution in [3.8, 4) is 22.8 Å². The lowest BCUT2D eigenvalue weighted by Gasteiger charge is -2.42. The maximum atomic E-state index is 14.6. The highest BCUT2D eigenvalue weighted by Gasteiger charge is 2.55. The van der Waals surface area contributed by atoms with E-state index in [9.17, 15) is 9.59 Å². The van der Waals surface area contributed by atoms with Crippen LogP contribution in [-0.4, -0.2) is 82.6 Å². The van der Waals surface area contributed by atoms with Gasteiger partial charge < -0.3 is 28.9 Å². The van der Waals surface area contributed by atoms with Crippen molar-refractivity contribution < 1.29 is 23.8 Å². The number of ether oxygens (including phenoxy) is 3. The zero-order chi connectivity index (χ0) is 31.5. The van der Waals surface area contributed by atoms with Gasteiger partial charge in [0.2, 0.25) is 0 Å². The van der Waals surface area contributed by atoms with Crippen LogP contribution in [0.1, 0.15) is 39.2 Å². The van der Waals surface area contributed by atoms with Crippen molar-refractivity contribution in [3.05, 3.63) is 69.7 Å². The molecule has 0 unspecified atom stereocenters. The standard InChI is InChI=1S/C34H37N5O5S/c1-33(2,3)44-32(41)37-14-15-39(34(21-37)10-11-34)31(40)23-7-6-12-38(22-9-16-45-20-22)30-25-17-24(27-8-13-36(4)35-27)28(42-5)18-29(25)43-19-26(23)30/h6,8-9,13,16-18,20H,10-12,14-15,19,21H2,1-5H3. The van der Waals surface area contributed by atoms with Crippen LogP contribution in [0.5, 0.6) is 11.5 Å². The Morgan fingerprint density at radius 3 is 2.62 bits per heavy atom. The van der Waals surface area contributed by atoms with Gasteiger partial charge in [0.15, 0.2) is 0 Å². The zero-order valence-corrected chi connectivity index (χ0v) is 27.1. The van der Waals surface area contributed by atoms with Crippen LogP contribution in [0.25, 0.3) is 17.0 Å². The van der Waals surface area contributed by atoms with Gasteiger partial charge in [-0.2, -0.15) is 16.4 Å². The van der Waals surface area contributed by atoms with Gasteiger partial charge in [0.05, 0.1) is 35.3 Å². The van der Waals surface area contributed by atoms with Crippen molar-refractivity contribution in [2.24, 2.45) is 7.05 Å². The number of anilines is 1. The summed E-state index contributed by atoms with van der Waals surface area (Å²) in [6, 6.07) is 8.01. The van der Waals surface area contributed by atoms with Crippen molar-refractivity contribution >= 4 is 34.7 Å². The number of aromatic nitrogens is 2. The van der Waals surface area contributed by atoms with Crippen LogP contribution >= 0.6 is 11.3 Å². The van der Waals surface area contributed by atoms with Crippen LogP contribution in [0.15, 0.2) is 64.2 Å². The fourth-order valence-electron chi connectivity index (χ4n) is 6.41. The van der Waals surface area contributed by atoms with E-state index in [-0.39, 0.29) is 18.6 Å². The van der Waals surface area contributed by atoms with Crippen molar-refractivity contribution in [1.82, 2.24) is 19.6 Å². The van der Waals surface area contributed by atoms with Crippen LogP contribution in [0.3, 0.4) is 0 Å². The predicted molar refractivity (Wildman–Crippen MR) is 172 cm³/mol. The Kier molecular flexibility index (Phi) is 7.06. The molecule has 4 aliphatic rings. The SMILES string of the molecule is COc1cc2c(cc1-c1ccn(C)n1)C1=C(CO2)C(C(=O)N2CCN(C(=O)OC(C)(C)C)CC23CC3)=C=CCN1c1ccsc1. The molecule has 1 saturated heterocycles. The Morgan fingerprint density at radius 1 is 1.13 bits per heavy atom. The molecule has 1 aromatic carbocycles. The molecule has 3 aliphatic heterocycles. The number of benzene rings is 1. The molecule has 0 N–H and O–H groups in total. The molecule has 11 heteroatoms. The average Bonchev–Trinajstić information content (AvgIpc) is 3.37. The summed E-state index contributed by atoms with van der Waals surface area (Å²) in [4.78, 5) is 33.4. The minimum absolute atomic E-state index is 0.0854. The Balaban J connectivity index is 1.29. The number of piperazine rings is 1. The first-order valence-corrected chi connectivity index (χ1v) is 16.1. The molecular weight excluding hydrogens is 590 g/mol. The Morgan fingerprint density at radius 2 is 1.96 bits per heavy atom. The largest absolute Gasteiger partial charge is 0.496 e. The van der Waals surface area contributed by atoms with Gasteiger partial charge in [-0.05, 0) is 63.3 Å². The Bertz CT molecular complexity index is 1770. The molecule has 2 aromatic heterocycles. The Labute approximate surface area is 266 Å². The van der Waals surface area contributed by atoms with Gasteiger partial charge in [-0.25, -0.2) is 4.79 Å². The first-order valence-electron chi connectivity index (χ1n) is 15.2. The van der Waals surface area contributed by atoms with Crippen LogP contribution < -0.4 is 14.4 Å². The average molecular weight is 628 g/mol. The monoisotopic (exact) mass is 627 g/mol. The van der Waals surface area contributed by atoms with E-state index in [0.717, 1.165) is 46.6 Å². The minimum atomic E-state index is -0.578. The third-order valence-corrected chi connectivity index (χ3v) is 9.37. The van der Waals surface area contributed by atoms with Gasteiger partial charge in [-0.3, -0.25) is 9.48 Å². The summed E-state index contributed by atoms with van der Waals surface area (Å²) >= 11 is 1.63. The maximum absolute atomic E-state index is 14.6. The fraction of sp³-hybridized carbons (Fsp3) is 0.412. The molecule has 2 amide bonds. The zero-order valence-electron chi connectivity index (χ0n) is 26.3. The molecule has 1 spiro atoms. The second-order valence-corrected chi connectivity index (χ2v) is 13.7. The molecular formula is C34H37N5O5S. The van der Waals surface area contributed by atoms with Crippen molar-refractivity contribution in [1.29, 1.82) is 0 Å². The number of methoxy groups -OCH3 is 1. The highest BCUT2D eigenvalue weighted by Crippen LogP contribution is 2.48. The summed E-state index contributed by atoms with van der Waals surface area (Å²) in [6.45, 7) is 7.66. The van der Waals surface area contributed by atoms with E-state index in [2.05, 4.69) is 38.6 Å². The minimum Gasteiger partial charge on any atom is -0.496 e. The third kappa shape index (κ3) is 5.30. The molecule has 1 aliphatic carbocycles. The first kappa shape index (κ1) is 29.3. The molecule has 234 valence electrons. The number of carbonyl (C=O) groups excluding carboxylic acids is 2. The van der Waals surface area contributed by atoms with Crippen molar-refractivity contribution in [2.45, 2.75) is 44.8 Å². The summed E-state index contributed by atoms with van der Waals surface area (Å²) < 4.78 is 19.6. The van der Waals surface area contributed by atoms with Crippen LogP contribution in [0.2, 0.25) is 0 Å². The maximum Gasteiger partial charge on any atom is 0.410 e. The van der Waals surface area contributed by atoms with Crippen molar-refractivity contribution in [3.63, 3.8) is 0 Å². The van der Waals surface area contributed by atoms with E-state index in [0.29, 0.717) is 43.3 Å². The smallest absolute Gasteiger partial charge is 0.410 e. The number of fused-ring (bicyclic) bond motifs is 2. The van der Waals surface area contributed by atoms with E-state index >= 15 is 0 Å². The fourth-order valence-corrected chi connectivity index (χ4v) is 7.05. The Hall–Kier alpha value is -4.47. The van der Waals surface area contributed by atoms with Gasteiger partial charge in [-0.15, -0.1) is 5.73 Å². The summed E-state index contributed by atoms with van der Waals surface area (Å²) in [6.07, 6.45) is 5.19. The highest BCUT2D eigenvalue weighted by molar-refractivity contribution is 7.08. The number of amides is 2. The number of hydrogen-bond acceptors (Lipinski definition) is 8. The van der Waals surface area contributed by atoms with E-state index < -0.39 is 11.1 Å². The number of carbonyl (C=O) groups is 2. The molecule has 3 aromatic rings. The van der Waals surface area contributed by atoms with Crippen LogP contribution in [0.4, 0.5) is 10.5 Å². The van der Waals surface area contributed by atoms with Gasteiger partial charge in [-0.1, -0.05) is 0 Å². The number of aryl methyl sites for hydroxylation is 1. The molecule has 10 nitrogen and oxygen atoms in total. The molecule has 45 heavy (non-hydrogen) atoms. The molecule has 7 rings (SSSR count). The van der Waals surface area contributed by atoms with E-state index in [1.807, 2.05) is 57.1 Å². The number of hydrogen-bond donors (Lipinski definition) is 0. The topological polar surface area (TPSA) is 89.4 Å². The first-order chi connectivity index (χ1) is 21.6. The second kappa shape index (κ2) is 10.9. The lowest BCUT2D eigenvalue weighted by atomic mass is 9.93. The lowest BCUT2D eigenvalue weighted by Crippen LogP contribution is -2.59. The normalized spacial score (nSPS) is 18.6. The molecule has 0 bridgehead atoms. The van der Waals surface area contributed by atoms with Gasteiger partial charge >= 0.3 is 6.09 Å². The number of thiophene rings is 1. The van der Waals surface area contributed by atoms with Crippen LogP contribution in [-0.2, 0) is 16.6 Å². The second-order valence-electron chi connectivity index (χ2n) is 12.9. The van der Waals surface area contributed by atoms with Gasteiger partial charge in [0, 0.05) is 67.6 Å². The summed E-state index contributed by atoms with van der Waals surface area (Å²) in [5.41, 5.74) is 8.13. The third-order valence-electron chi connectivity index (χ3n) is 8.70. The van der Waals surface area contributed by atoms with Crippen LogP contribution in [0, 0.1) is 0 Å². The molecule has 5 heterocycles. The quantitative estimate of drug-likeness (QED) is 0.354. The van der Waals surface area contributed by atoms with E-state index in [4.69, 9.17) is 14.2 Å². The molecule has 0 atom stereocenters. The number of rotatable bonds is 4. The highest BCUT2D eigenvalue weighted by atomic mass is 32.1. The lowest BCUT2D eigenvalue weighted by molar-refractivity contribution is -0.132. The predicted octanol–water partition coefficient (Wildman–Crippen LogP) is 5.47. The van der Waals surface area contributed by atoms with Crippen molar-refractivity contribution in [2.75, 3.05) is 44.8 Å². The van der Waals surface area contributed by atoms with Gasteiger partial charge in [0.25, 0.3) is 5.91 Å². The van der Waals surface area contributed by atoms with Gasteiger partial charge in [0.1, 0.15) is 23.7 Å². The number of nitrogens with zero attached hydrogens (tertiary/aromatic N) is 5. The molecule has 2 fully saturated rings. The summed E-state index contributed by atoms with van der Waals surface area (Å²) in [7, 11) is 3.53. The van der Waals surface area contributed by atoms with E-state index in [1.54, 1.807) is 28.0 Å².